The number of carbonyl (C=O) groups excluding carboxylic acids is 1. The Morgan fingerprint density at radius 1 is 1.23 bits per heavy atom. The Labute approximate surface area is 187 Å². The summed E-state index contributed by atoms with van der Waals surface area (Å²) in [6, 6.07) is 10.1. The van der Waals surface area contributed by atoms with E-state index in [-0.39, 0.29) is 12.0 Å². The molecule has 2 aliphatic rings. The summed E-state index contributed by atoms with van der Waals surface area (Å²) >= 11 is 1.44. The predicted molar refractivity (Wildman–Crippen MR) is 122 cm³/mol. The SMILES string of the molecule is COc1cccc(N2CCN(c3cc(SCC(=O)NC[C@@H]4CCCO4)ncn3)CC2)c1. The summed E-state index contributed by atoms with van der Waals surface area (Å²) in [4.78, 5) is 25.5. The number of hydrogen-bond acceptors (Lipinski definition) is 8. The molecule has 1 N–H and O–H groups in total. The van der Waals surface area contributed by atoms with Crippen molar-refractivity contribution < 1.29 is 14.3 Å². The lowest BCUT2D eigenvalue weighted by molar-refractivity contribution is -0.119. The second-order valence-electron chi connectivity index (χ2n) is 7.62. The topological polar surface area (TPSA) is 79.8 Å². The Hall–Kier alpha value is -2.52. The number of aromatic nitrogens is 2. The number of ether oxygens (including phenoxy) is 2. The minimum Gasteiger partial charge on any atom is -0.497 e. The van der Waals surface area contributed by atoms with E-state index in [1.54, 1.807) is 13.4 Å². The van der Waals surface area contributed by atoms with Crippen LogP contribution in [-0.4, -0.2) is 74.2 Å². The predicted octanol–water partition coefficient (Wildman–Crippen LogP) is 2.20. The summed E-state index contributed by atoms with van der Waals surface area (Å²) in [7, 11) is 1.69. The molecule has 8 nitrogen and oxygen atoms in total. The zero-order valence-electron chi connectivity index (χ0n) is 17.8. The van der Waals surface area contributed by atoms with Crippen LogP contribution in [0.25, 0.3) is 0 Å². The number of rotatable bonds is 8. The Kier molecular flexibility index (Phi) is 7.48. The average molecular weight is 444 g/mol. The number of hydrogen-bond donors (Lipinski definition) is 1. The van der Waals surface area contributed by atoms with Gasteiger partial charge in [-0.05, 0) is 25.0 Å². The zero-order chi connectivity index (χ0) is 21.5. The lowest BCUT2D eigenvalue weighted by atomic mass is 10.2. The van der Waals surface area contributed by atoms with Gasteiger partial charge in [0.15, 0.2) is 0 Å². The molecule has 0 spiro atoms. The smallest absolute Gasteiger partial charge is 0.230 e. The highest BCUT2D eigenvalue weighted by atomic mass is 32.2. The number of anilines is 2. The van der Waals surface area contributed by atoms with Crippen molar-refractivity contribution >= 4 is 29.2 Å². The monoisotopic (exact) mass is 443 g/mol. The first-order chi connectivity index (χ1) is 15.2. The van der Waals surface area contributed by atoms with Gasteiger partial charge in [0.2, 0.25) is 5.91 Å². The first-order valence-corrected chi connectivity index (χ1v) is 11.7. The van der Waals surface area contributed by atoms with Crippen LogP contribution in [0.2, 0.25) is 0 Å². The number of thioether (sulfide) groups is 1. The van der Waals surface area contributed by atoms with Crippen molar-refractivity contribution in [3.05, 3.63) is 36.7 Å². The highest BCUT2D eigenvalue weighted by molar-refractivity contribution is 7.99. The number of nitrogens with zero attached hydrogens (tertiary/aromatic N) is 4. The van der Waals surface area contributed by atoms with Gasteiger partial charge in [-0.2, -0.15) is 0 Å². The van der Waals surface area contributed by atoms with Gasteiger partial charge in [-0.25, -0.2) is 9.97 Å². The first kappa shape index (κ1) is 21.7. The maximum Gasteiger partial charge on any atom is 0.230 e. The van der Waals surface area contributed by atoms with E-state index in [1.165, 1.54) is 17.4 Å². The van der Waals surface area contributed by atoms with Crippen molar-refractivity contribution in [3.8, 4) is 5.75 Å². The van der Waals surface area contributed by atoms with Crippen LogP contribution < -0.4 is 19.9 Å². The largest absolute Gasteiger partial charge is 0.497 e. The second kappa shape index (κ2) is 10.7. The fraction of sp³-hybridized carbons (Fsp3) is 0.500. The molecular weight excluding hydrogens is 414 g/mol. The van der Waals surface area contributed by atoms with Gasteiger partial charge in [-0.3, -0.25) is 4.79 Å². The molecule has 1 atom stereocenters. The average Bonchev–Trinajstić information content (AvgIpc) is 3.35. The van der Waals surface area contributed by atoms with Crippen LogP contribution in [-0.2, 0) is 9.53 Å². The molecule has 3 heterocycles. The molecule has 9 heteroatoms. The van der Waals surface area contributed by atoms with Crippen LogP contribution in [0.4, 0.5) is 11.5 Å². The van der Waals surface area contributed by atoms with Gasteiger partial charge < -0.3 is 24.6 Å². The molecule has 2 aromatic rings. The standard InChI is InChI=1S/C22H29N5O3S/c1-29-18-5-2-4-17(12-18)26-7-9-27(10-8-26)20-13-22(25-16-24-20)31-15-21(28)23-14-19-6-3-11-30-19/h2,4-5,12-13,16,19H,3,6-11,14-15H2,1H3,(H,23,28)/t19-/m0/s1. The summed E-state index contributed by atoms with van der Waals surface area (Å²) < 4.78 is 10.9. The minimum absolute atomic E-state index is 0.00701. The Morgan fingerprint density at radius 3 is 2.84 bits per heavy atom. The Bertz CT molecular complexity index is 870. The molecular formula is C22H29N5O3S. The molecule has 0 aliphatic carbocycles. The molecule has 2 saturated heterocycles. The third kappa shape index (κ3) is 6.01. The number of amides is 1. The zero-order valence-corrected chi connectivity index (χ0v) is 18.6. The number of methoxy groups -OCH3 is 1. The highest BCUT2D eigenvalue weighted by Crippen LogP contribution is 2.24. The van der Waals surface area contributed by atoms with Crippen molar-refractivity contribution in [3.63, 3.8) is 0 Å². The second-order valence-corrected chi connectivity index (χ2v) is 8.61. The van der Waals surface area contributed by atoms with Crippen LogP contribution in [0.1, 0.15) is 12.8 Å². The lowest BCUT2D eigenvalue weighted by Crippen LogP contribution is -2.46. The normalized spacial score (nSPS) is 18.8. The van der Waals surface area contributed by atoms with Crippen LogP contribution in [0, 0.1) is 0 Å². The van der Waals surface area contributed by atoms with E-state index in [2.05, 4.69) is 37.2 Å². The van der Waals surface area contributed by atoms with Gasteiger partial charge in [0.05, 0.1) is 19.0 Å². The molecule has 31 heavy (non-hydrogen) atoms. The molecule has 4 rings (SSSR count). The summed E-state index contributed by atoms with van der Waals surface area (Å²) in [5, 5.41) is 3.76. The molecule has 2 aliphatic heterocycles. The maximum absolute atomic E-state index is 12.1. The van der Waals surface area contributed by atoms with E-state index < -0.39 is 0 Å². The Morgan fingerprint density at radius 2 is 2.06 bits per heavy atom. The summed E-state index contributed by atoms with van der Waals surface area (Å²) in [6.45, 7) is 4.95. The molecule has 1 aromatic carbocycles. The van der Waals surface area contributed by atoms with Gasteiger partial charge in [0.25, 0.3) is 0 Å². The first-order valence-electron chi connectivity index (χ1n) is 10.7. The van der Waals surface area contributed by atoms with E-state index in [4.69, 9.17) is 9.47 Å². The third-order valence-corrected chi connectivity index (χ3v) is 6.48. The molecule has 2 fully saturated rings. The third-order valence-electron chi connectivity index (χ3n) is 5.55. The molecule has 0 radical (unpaired) electrons. The number of benzene rings is 1. The molecule has 166 valence electrons. The maximum atomic E-state index is 12.1. The van der Waals surface area contributed by atoms with E-state index in [0.29, 0.717) is 12.3 Å². The lowest BCUT2D eigenvalue weighted by Gasteiger charge is -2.36. The van der Waals surface area contributed by atoms with Gasteiger partial charge in [-0.1, -0.05) is 17.8 Å². The van der Waals surface area contributed by atoms with E-state index in [0.717, 1.165) is 62.2 Å². The molecule has 0 unspecified atom stereocenters. The fourth-order valence-electron chi connectivity index (χ4n) is 3.81. The molecule has 0 bridgehead atoms. The summed E-state index contributed by atoms with van der Waals surface area (Å²) in [5.74, 6) is 2.12. The summed E-state index contributed by atoms with van der Waals surface area (Å²) in [6.07, 6.45) is 3.84. The van der Waals surface area contributed by atoms with Crippen molar-refractivity contribution in [2.45, 2.75) is 24.0 Å². The molecule has 1 aromatic heterocycles. The number of piperazine rings is 1. The molecule has 1 amide bonds. The van der Waals surface area contributed by atoms with E-state index >= 15 is 0 Å². The van der Waals surface area contributed by atoms with Crippen LogP contribution in [0.15, 0.2) is 41.7 Å². The molecule has 0 saturated carbocycles. The van der Waals surface area contributed by atoms with E-state index in [9.17, 15) is 4.79 Å². The minimum atomic E-state index is 0.00701. The van der Waals surface area contributed by atoms with Gasteiger partial charge in [-0.15, -0.1) is 0 Å². The summed E-state index contributed by atoms with van der Waals surface area (Å²) in [5.41, 5.74) is 1.17. The van der Waals surface area contributed by atoms with Gasteiger partial charge in [0, 0.05) is 57.2 Å². The van der Waals surface area contributed by atoms with Crippen LogP contribution in [0.3, 0.4) is 0 Å². The van der Waals surface area contributed by atoms with Crippen molar-refractivity contribution in [1.82, 2.24) is 15.3 Å². The van der Waals surface area contributed by atoms with Gasteiger partial charge in [0.1, 0.15) is 22.9 Å². The van der Waals surface area contributed by atoms with Crippen molar-refractivity contribution in [2.24, 2.45) is 0 Å². The fourth-order valence-corrected chi connectivity index (χ4v) is 4.50. The van der Waals surface area contributed by atoms with Gasteiger partial charge >= 0.3 is 0 Å². The Balaban J connectivity index is 1.26. The highest BCUT2D eigenvalue weighted by Gasteiger charge is 2.20. The van der Waals surface area contributed by atoms with Crippen LogP contribution >= 0.6 is 11.8 Å². The van der Waals surface area contributed by atoms with Crippen LogP contribution in [0.5, 0.6) is 5.75 Å². The quantitative estimate of drug-likeness (QED) is 0.491. The number of nitrogens with one attached hydrogen (secondary N) is 1. The van der Waals surface area contributed by atoms with E-state index in [1.807, 2.05) is 18.2 Å². The van der Waals surface area contributed by atoms with Crippen molar-refractivity contribution in [2.75, 3.05) is 62.0 Å². The number of carbonyl (C=O) groups is 1. The van der Waals surface area contributed by atoms with Crippen molar-refractivity contribution in [1.29, 1.82) is 0 Å².